The highest BCUT2D eigenvalue weighted by Gasteiger charge is 2.15. The predicted octanol–water partition coefficient (Wildman–Crippen LogP) is 4.39. The number of hydrogen-bond acceptors (Lipinski definition) is 6. The largest absolute Gasteiger partial charge is 0.487 e. The Hall–Kier alpha value is -3.68. The number of aromatic nitrogens is 1. The molecule has 7 nitrogen and oxygen atoms in total. The normalized spacial score (nSPS) is 11.3. The van der Waals surface area contributed by atoms with Gasteiger partial charge in [-0.3, -0.25) is 0 Å². The van der Waals surface area contributed by atoms with Crippen molar-refractivity contribution in [2.45, 2.75) is 13.3 Å². The smallest absolute Gasteiger partial charge is 0.335 e. The first kappa shape index (κ1) is 20.1. The minimum absolute atomic E-state index is 0.0230. The summed E-state index contributed by atoms with van der Waals surface area (Å²) < 4.78 is 24.1. The monoisotopic (exact) mass is 398 g/mol. The number of aromatic carboxylic acids is 1. The van der Waals surface area contributed by atoms with Crippen LogP contribution < -0.4 is 4.74 Å². The molecule has 0 aliphatic rings. The molecule has 0 spiro atoms. The van der Waals surface area contributed by atoms with Gasteiger partial charge in [-0.2, -0.15) is 0 Å². The van der Waals surface area contributed by atoms with E-state index >= 15 is 0 Å². The van der Waals surface area contributed by atoms with Gasteiger partial charge in [0.15, 0.2) is 11.5 Å². The van der Waals surface area contributed by atoms with Gasteiger partial charge in [0.05, 0.1) is 5.56 Å². The molecule has 0 saturated carbocycles. The van der Waals surface area contributed by atoms with Crippen molar-refractivity contribution in [3.8, 4) is 17.0 Å². The quantitative estimate of drug-likeness (QED) is 0.326. The molecular formula is C21H19FN2O5. The Morgan fingerprint density at radius 3 is 2.72 bits per heavy atom. The fraction of sp³-hybridized carbons (Fsp3) is 0.190. The number of benzene rings is 2. The number of halogens is 1. The van der Waals surface area contributed by atoms with E-state index in [2.05, 4.69) is 10.3 Å². The molecule has 150 valence electrons. The highest BCUT2D eigenvalue weighted by Crippen LogP contribution is 2.21. The summed E-state index contributed by atoms with van der Waals surface area (Å²) in [6, 6.07) is 13.6. The molecule has 29 heavy (non-hydrogen) atoms. The fourth-order valence-electron chi connectivity index (χ4n) is 2.40. The molecule has 0 saturated heterocycles. The maximum absolute atomic E-state index is 13.1. The van der Waals surface area contributed by atoms with Gasteiger partial charge < -0.3 is 19.2 Å². The van der Waals surface area contributed by atoms with Crippen LogP contribution in [-0.2, 0) is 4.84 Å². The zero-order valence-electron chi connectivity index (χ0n) is 15.7. The number of carboxylic acids is 1. The standard InChI is InChI=1S/C21H19FN2O5/c1-2-10-28-23-19(13-27-17-5-3-4-15(11-17)21(25)26)20-12-18(24-29-20)14-6-8-16(22)9-7-14/h3-9,11-12H,2,10,13H2,1H3,(H,25,26). The number of hydrogen-bond donors (Lipinski definition) is 1. The van der Waals surface area contributed by atoms with E-state index in [0.717, 1.165) is 6.42 Å². The van der Waals surface area contributed by atoms with E-state index in [1.165, 1.54) is 24.3 Å². The molecule has 3 rings (SSSR count). The first-order valence-corrected chi connectivity index (χ1v) is 8.95. The SMILES string of the molecule is CCCON=C(COc1cccc(C(=O)O)c1)c1cc(-c2ccc(F)cc2)no1. The van der Waals surface area contributed by atoms with Crippen molar-refractivity contribution in [2.24, 2.45) is 5.16 Å². The van der Waals surface area contributed by atoms with E-state index in [0.29, 0.717) is 35.1 Å². The summed E-state index contributed by atoms with van der Waals surface area (Å²) in [5.74, 6) is -0.694. The van der Waals surface area contributed by atoms with Gasteiger partial charge in [0.2, 0.25) is 0 Å². The molecule has 2 aromatic carbocycles. The molecule has 3 aromatic rings. The Kier molecular flexibility index (Phi) is 6.57. The molecular weight excluding hydrogens is 379 g/mol. The third-order valence-electron chi connectivity index (χ3n) is 3.86. The summed E-state index contributed by atoms with van der Waals surface area (Å²) in [6.45, 7) is 2.34. The van der Waals surface area contributed by atoms with Gasteiger partial charge in [0, 0.05) is 11.6 Å². The lowest BCUT2D eigenvalue weighted by Crippen LogP contribution is -2.13. The third kappa shape index (κ3) is 5.41. The predicted molar refractivity (Wildman–Crippen MR) is 104 cm³/mol. The lowest BCUT2D eigenvalue weighted by molar-refractivity contribution is 0.0696. The van der Waals surface area contributed by atoms with Crippen LogP contribution in [0.1, 0.15) is 29.5 Å². The van der Waals surface area contributed by atoms with E-state index in [4.69, 9.17) is 19.2 Å². The van der Waals surface area contributed by atoms with Crippen molar-refractivity contribution >= 4 is 11.7 Å². The second-order valence-electron chi connectivity index (χ2n) is 6.08. The van der Waals surface area contributed by atoms with Crippen LogP contribution in [0, 0.1) is 5.82 Å². The minimum atomic E-state index is -1.05. The zero-order chi connectivity index (χ0) is 20.6. The molecule has 1 heterocycles. The van der Waals surface area contributed by atoms with E-state index in [1.54, 1.807) is 30.3 Å². The van der Waals surface area contributed by atoms with Gasteiger partial charge >= 0.3 is 5.97 Å². The van der Waals surface area contributed by atoms with Gasteiger partial charge in [-0.15, -0.1) is 0 Å². The first-order valence-electron chi connectivity index (χ1n) is 8.95. The third-order valence-corrected chi connectivity index (χ3v) is 3.86. The fourth-order valence-corrected chi connectivity index (χ4v) is 2.40. The van der Waals surface area contributed by atoms with E-state index in [1.807, 2.05) is 6.92 Å². The van der Waals surface area contributed by atoms with Crippen LogP contribution in [0.5, 0.6) is 5.75 Å². The number of rotatable bonds is 9. The summed E-state index contributed by atoms with van der Waals surface area (Å²) in [5.41, 5.74) is 1.66. The molecule has 0 atom stereocenters. The average molecular weight is 398 g/mol. The molecule has 0 fully saturated rings. The molecule has 0 aliphatic carbocycles. The highest BCUT2D eigenvalue weighted by atomic mass is 19.1. The number of carbonyl (C=O) groups is 1. The maximum atomic E-state index is 13.1. The highest BCUT2D eigenvalue weighted by molar-refractivity contribution is 5.99. The Labute approximate surface area is 166 Å². The molecule has 0 amide bonds. The second kappa shape index (κ2) is 9.50. The summed E-state index contributed by atoms with van der Waals surface area (Å²) in [7, 11) is 0. The zero-order valence-corrected chi connectivity index (χ0v) is 15.7. The molecule has 0 bridgehead atoms. The Balaban J connectivity index is 1.79. The van der Waals surface area contributed by atoms with E-state index in [9.17, 15) is 9.18 Å². The summed E-state index contributed by atoms with van der Waals surface area (Å²) in [5, 5.41) is 17.1. The van der Waals surface area contributed by atoms with Crippen molar-refractivity contribution in [2.75, 3.05) is 13.2 Å². The maximum Gasteiger partial charge on any atom is 0.335 e. The molecule has 1 N–H and O–H groups in total. The van der Waals surface area contributed by atoms with Crippen molar-refractivity contribution in [3.05, 3.63) is 71.7 Å². The van der Waals surface area contributed by atoms with Crippen LogP contribution in [0.2, 0.25) is 0 Å². The number of carboxylic acid groups (broad SMARTS) is 1. The van der Waals surface area contributed by atoms with Crippen molar-refractivity contribution in [3.63, 3.8) is 0 Å². The van der Waals surface area contributed by atoms with Gasteiger partial charge in [0.1, 0.15) is 30.5 Å². The minimum Gasteiger partial charge on any atom is -0.487 e. The topological polar surface area (TPSA) is 94.2 Å². The molecule has 0 unspecified atom stereocenters. The van der Waals surface area contributed by atoms with Crippen molar-refractivity contribution < 1.29 is 28.4 Å². The van der Waals surface area contributed by atoms with Crippen LogP contribution in [0.4, 0.5) is 4.39 Å². The summed E-state index contributed by atoms with van der Waals surface area (Å²) in [4.78, 5) is 16.4. The van der Waals surface area contributed by atoms with Crippen LogP contribution in [-0.4, -0.2) is 35.2 Å². The van der Waals surface area contributed by atoms with E-state index < -0.39 is 5.97 Å². The Morgan fingerprint density at radius 2 is 2.00 bits per heavy atom. The summed E-state index contributed by atoms with van der Waals surface area (Å²) >= 11 is 0. The van der Waals surface area contributed by atoms with Gasteiger partial charge in [-0.05, 0) is 48.9 Å². The van der Waals surface area contributed by atoms with Gasteiger partial charge in [0.25, 0.3) is 0 Å². The van der Waals surface area contributed by atoms with Crippen LogP contribution >= 0.6 is 0 Å². The average Bonchev–Trinajstić information content (AvgIpc) is 3.21. The number of oxime groups is 1. The van der Waals surface area contributed by atoms with Crippen LogP contribution in [0.25, 0.3) is 11.3 Å². The van der Waals surface area contributed by atoms with Crippen LogP contribution in [0.3, 0.4) is 0 Å². The first-order chi connectivity index (χ1) is 14.1. The van der Waals surface area contributed by atoms with Crippen LogP contribution in [0.15, 0.2) is 64.3 Å². The molecule has 1 aromatic heterocycles. The second-order valence-corrected chi connectivity index (χ2v) is 6.08. The van der Waals surface area contributed by atoms with E-state index in [-0.39, 0.29) is 18.0 Å². The van der Waals surface area contributed by atoms with Gasteiger partial charge in [-0.1, -0.05) is 23.3 Å². The number of nitrogens with zero attached hydrogens (tertiary/aromatic N) is 2. The molecule has 8 heteroatoms. The van der Waals surface area contributed by atoms with Gasteiger partial charge in [-0.25, -0.2) is 9.18 Å². The lowest BCUT2D eigenvalue weighted by atomic mass is 10.1. The van der Waals surface area contributed by atoms with Crippen molar-refractivity contribution in [1.82, 2.24) is 5.16 Å². The molecule has 0 radical (unpaired) electrons. The lowest BCUT2D eigenvalue weighted by Gasteiger charge is -2.07. The summed E-state index contributed by atoms with van der Waals surface area (Å²) in [6.07, 6.45) is 0.773. The molecule has 0 aliphatic heterocycles. The Bertz CT molecular complexity index is 998. The van der Waals surface area contributed by atoms with Crippen molar-refractivity contribution in [1.29, 1.82) is 0 Å². The number of ether oxygens (including phenoxy) is 1. The Morgan fingerprint density at radius 1 is 1.21 bits per heavy atom.